The van der Waals surface area contributed by atoms with E-state index in [4.69, 9.17) is 16.1 Å². The SMILES string of the molecule is Cc1cc(Cl)ccc1NC(=O)CC(CCC(=O)O)c1noc(-c2ccc(CC(C)C)cc2)c1C1CC1. The summed E-state index contributed by atoms with van der Waals surface area (Å²) < 4.78 is 5.88. The Kier molecular flexibility index (Phi) is 8.14. The molecule has 0 spiro atoms. The van der Waals surface area contributed by atoms with E-state index in [1.54, 1.807) is 18.2 Å². The molecule has 0 saturated heterocycles. The number of carboxylic acids is 1. The Morgan fingerprint density at radius 1 is 1.17 bits per heavy atom. The molecule has 1 aromatic heterocycles. The minimum atomic E-state index is -0.897. The molecule has 190 valence electrons. The molecule has 1 aliphatic rings. The van der Waals surface area contributed by atoms with Crippen molar-refractivity contribution in [3.8, 4) is 11.3 Å². The van der Waals surface area contributed by atoms with E-state index >= 15 is 0 Å². The van der Waals surface area contributed by atoms with E-state index in [2.05, 4.69) is 48.6 Å². The fraction of sp³-hybridized carbons (Fsp3) is 0.414. The summed E-state index contributed by atoms with van der Waals surface area (Å²) in [6.07, 6.45) is 3.46. The summed E-state index contributed by atoms with van der Waals surface area (Å²) in [6.45, 7) is 6.28. The highest BCUT2D eigenvalue weighted by Crippen LogP contribution is 2.48. The van der Waals surface area contributed by atoms with Crippen molar-refractivity contribution >= 4 is 29.2 Å². The number of aromatic nitrogens is 1. The molecule has 7 heteroatoms. The number of nitrogens with zero attached hydrogens (tertiary/aromatic N) is 1. The average Bonchev–Trinajstić information content (AvgIpc) is 3.56. The van der Waals surface area contributed by atoms with Crippen LogP contribution in [-0.2, 0) is 16.0 Å². The van der Waals surface area contributed by atoms with Crippen LogP contribution in [0.2, 0.25) is 5.02 Å². The number of benzene rings is 2. The van der Waals surface area contributed by atoms with Crippen LogP contribution in [0.4, 0.5) is 5.69 Å². The molecule has 0 radical (unpaired) electrons. The van der Waals surface area contributed by atoms with Gasteiger partial charge in [0, 0.05) is 40.6 Å². The summed E-state index contributed by atoms with van der Waals surface area (Å²) in [5.74, 6) is 0.185. The predicted octanol–water partition coefficient (Wildman–Crippen LogP) is 7.36. The number of amides is 1. The lowest BCUT2D eigenvalue weighted by molar-refractivity contribution is -0.137. The van der Waals surface area contributed by atoms with Crippen LogP contribution in [0.3, 0.4) is 0 Å². The molecule has 6 nitrogen and oxygen atoms in total. The molecule has 1 amide bonds. The second-order valence-electron chi connectivity index (χ2n) is 10.2. The summed E-state index contributed by atoms with van der Waals surface area (Å²) in [4.78, 5) is 24.4. The number of carbonyl (C=O) groups excluding carboxylic acids is 1. The normalized spacial score (nSPS) is 14.1. The highest BCUT2D eigenvalue weighted by atomic mass is 35.5. The number of aliphatic carboxylic acids is 1. The van der Waals surface area contributed by atoms with Gasteiger partial charge in [0.1, 0.15) is 0 Å². The van der Waals surface area contributed by atoms with E-state index in [1.165, 1.54) is 5.56 Å². The van der Waals surface area contributed by atoms with E-state index in [-0.39, 0.29) is 24.7 Å². The van der Waals surface area contributed by atoms with Gasteiger partial charge in [0.2, 0.25) is 5.91 Å². The van der Waals surface area contributed by atoms with Crippen molar-refractivity contribution < 1.29 is 19.2 Å². The third kappa shape index (κ3) is 6.55. The number of hydrogen-bond acceptors (Lipinski definition) is 4. The van der Waals surface area contributed by atoms with Crippen LogP contribution in [0.25, 0.3) is 11.3 Å². The van der Waals surface area contributed by atoms with Crippen LogP contribution < -0.4 is 5.32 Å². The monoisotopic (exact) mass is 508 g/mol. The summed E-state index contributed by atoms with van der Waals surface area (Å²) in [5, 5.41) is 17.3. The average molecular weight is 509 g/mol. The highest BCUT2D eigenvalue weighted by molar-refractivity contribution is 6.30. The van der Waals surface area contributed by atoms with Crippen LogP contribution in [-0.4, -0.2) is 22.1 Å². The molecule has 1 saturated carbocycles. The van der Waals surface area contributed by atoms with Gasteiger partial charge in [0.25, 0.3) is 0 Å². The third-order valence-corrected chi connectivity index (χ3v) is 6.82. The van der Waals surface area contributed by atoms with Gasteiger partial charge in [-0.25, -0.2) is 0 Å². The molecule has 1 unspecified atom stereocenters. The van der Waals surface area contributed by atoms with Crippen molar-refractivity contribution in [1.82, 2.24) is 5.16 Å². The first-order chi connectivity index (χ1) is 17.2. The highest BCUT2D eigenvalue weighted by Gasteiger charge is 2.36. The second kappa shape index (κ2) is 11.3. The Labute approximate surface area is 217 Å². The summed E-state index contributed by atoms with van der Waals surface area (Å²) in [5.41, 5.74) is 5.52. The zero-order chi connectivity index (χ0) is 25.8. The molecule has 2 N–H and O–H groups in total. The van der Waals surface area contributed by atoms with Gasteiger partial charge in [0.15, 0.2) is 5.76 Å². The lowest BCUT2D eigenvalue weighted by atomic mass is 9.89. The van der Waals surface area contributed by atoms with Gasteiger partial charge >= 0.3 is 5.97 Å². The van der Waals surface area contributed by atoms with Gasteiger partial charge < -0.3 is 14.9 Å². The zero-order valence-electron chi connectivity index (χ0n) is 21.0. The molecule has 1 aliphatic carbocycles. The molecule has 0 aliphatic heterocycles. The Balaban J connectivity index is 1.60. The van der Waals surface area contributed by atoms with E-state index < -0.39 is 5.97 Å². The van der Waals surface area contributed by atoms with Crippen molar-refractivity contribution in [2.45, 2.75) is 71.1 Å². The number of aryl methyl sites for hydroxylation is 1. The van der Waals surface area contributed by atoms with Crippen LogP contribution >= 0.6 is 11.6 Å². The van der Waals surface area contributed by atoms with Gasteiger partial charge in [-0.3, -0.25) is 9.59 Å². The number of hydrogen-bond donors (Lipinski definition) is 2. The van der Waals surface area contributed by atoms with Gasteiger partial charge in [-0.2, -0.15) is 0 Å². The van der Waals surface area contributed by atoms with Crippen molar-refractivity contribution in [1.29, 1.82) is 0 Å². The summed E-state index contributed by atoms with van der Waals surface area (Å²) in [7, 11) is 0. The topological polar surface area (TPSA) is 92.4 Å². The number of carboxylic acid groups (broad SMARTS) is 1. The number of rotatable bonds is 11. The van der Waals surface area contributed by atoms with Gasteiger partial charge in [0.05, 0.1) is 5.69 Å². The van der Waals surface area contributed by atoms with E-state index in [9.17, 15) is 14.7 Å². The van der Waals surface area contributed by atoms with Crippen LogP contribution in [0.5, 0.6) is 0 Å². The lowest BCUT2D eigenvalue weighted by Gasteiger charge is -2.16. The molecular weight excluding hydrogens is 476 g/mol. The maximum Gasteiger partial charge on any atom is 0.303 e. The van der Waals surface area contributed by atoms with E-state index in [0.717, 1.165) is 41.7 Å². The molecule has 1 atom stereocenters. The van der Waals surface area contributed by atoms with Gasteiger partial charge in [-0.05, 0) is 73.8 Å². The van der Waals surface area contributed by atoms with Crippen LogP contribution in [0.1, 0.15) is 80.2 Å². The minimum Gasteiger partial charge on any atom is -0.481 e. The summed E-state index contributed by atoms with van der Waals surface area (Å²) >= 11 is 6.04. The van der Waals surface area contributed by atoms with Crippen molar-refractivity contribution in [3.63, 3.8) is 0 Å². The molecule has 1 fully saturated rings. The lowest BCUT2D eigenvalue weighted by Crippen LogP contribution is -2.18. The fourth-order valence-corrected chi connectivity index (χ4v) is 4.89. The predicted molar refractivity (Wildman–Crippen MR) is 142 cm³/mol. The van der Waals surface area contributed by atoms with Crippen molar-refractivity contribution in [2.75, 3.05) is 5.32 Å². The first kappa shape index (κ1) is 26.0. The van der Waals surface area contributed by atoms with Crippen LogP contribution in [0, 0.1) is 12.8 Å². The number of carbonyl (C=O) groups is 2. The van der Waals surface area contributed by atoms with Gasteiger partial charge in [-0.15, -0.1) is 0 Å². The molecule has 1 heterocycles. The quantitative estimate of drug-likeness (QED) is 0.282. The Hall–Kier alpha value is -3.12. The standard InChI is InChI=1S/C29H33ClN2O4/c1-17(2)14-19-4-6-21(7-5-19)29-27(20-8-9-20)28(32-36-29)22(10-13-26(34)35)16-25(33)31-24-12-11-23(30)15-18(24)3/h4-7,11-12,15,17,20,22H,8-10,13-14,16H2,1-3H3,(H,31,33)(H,34,35). The van der Waals surface area contributed by atoms with Gasteiger partial charge in [-0.1, -0.05) is 54.9 Å². The van der Waals surface area contributed by atoms with Crippen LogP contribution in [0.15, 0.2) is 47.0 Å². The fourth-order valence-electron chi connectivity index (χ4n) is 4.67. The number of halogens is 1. The molecule has 2 aromatic carbocycles. The minimum absolute atomic E-state index is 0.0475. The number of anilines is 1. The smallest absolute Gasteiger partial charge is 0.303 e. The Morgan fingerprint density at radius 3 is 2.50 bits per heavy atom. The maximum atomic E-state index is 13.0. The van der Waals surface area contributed by atoms with Crippen molar-refractivity contribution in [2.24, 2.45) is 5.92 Å². The second-order valence-corrected chi connectivity index (χ2v) is 10.7. The Morgan fingerprint density at radius 2 is 1.89 bits per heavy atom. The maximum absolute atomic E-state index is 13.0. The largest absolute Gasteiger partial charge is 0.481 e. The van der Waals surface area contributed by atoms with E-state index in [1.807, 2.05) is 6.92 Å². The first-order valence-corrected chi connectivity index (χ1v) is 13.0. The zero-order valence-corrected chi connectivity index (χ0v) is 21.8. The molecule has 4 rings (SSSR count). The molecule has 3 aromatic rings. The molecular formula is C29H33ClN2O4. The third-order valence-electron chi connectivity index (χ3n) is 6.59. The van der Waals surface area contributed by atoms with E-state index in [0.29, 0.717) is 34.7 Å². The number of nitrogens with one attached hydrogen (secondary N) is 1. The van der Waals surface area contributed by atoms with Crippen molar-refractivity contribution in [3.05, 3.63) is 69.9 Å². The first-order valence-electron chi connectivity index (χ1n) is 12.6. The summed E-state index contributed by atoms with van der Waals surface area (Å²) in [6, 6.07) is 13.7. The molecule has 36 heavy (non-hydrogen) atoms. The molecule has 0 bridgehead atoms. The Bertz CT molecular complexity index is 1230.